The first-order chi connectivity index (χ1) is 27.0. The molecule has 0 radical (unpaired) electrons. The van der Waals surface area contributed by atoms with Crippen molar-refractivity contribution >= 4 is 64.6 Å². The molecular weight excluding hydrogens is 685 g/mol. The van der Waals surface area contributed by atoms with Crippen LogP contribution in [0.15, 0.2) is 187 Å². The molecular formula is C52H40N2S. The summed E-state index contributed by atoms with van der Waals surface area (Å²) >= 11 is 1.88. The van der Waals surface area contributed by atoms with E-state index >= 15 is 0 Å². The lowest BCUT2D eigenvalue weighted by atomic mass is 9.70. The van der Waals surface area contributed by atoms with E-state index < -0.39 is 0 Å². The largest absolute Gasteiger partial charge is 0.311 e. The Morgan fingerprint density at radius 1 is 0.582 bits per heavy atom. The zero-order chi connectivity index (χ0) is 36.7. The topological polar surface area (TPSA) is 8.17 Å². The molecule has 3 heterocycles. The Labute approximate surface area is 326 Å². The van der Waals surface area contributed by atoms with Gasteiger partial charge in [-0.15, -0.1) is 11.3 Å². The average molecular weight is 725 g/mol. The number of para-hydroxylation sites is 3. The summed E-state index contributed by atoms with van der Waals surface area (Å²) in [5, 5.41) is 5.21. The number of benzene rings is 6. The van der Waals surface area contributed by atoms with Gasteiger partial charge in [0.25, 0.3) is 0 Å². The van der Waals surface area contributed by atoms with E-state index in [0.717, 1.165) is 19.3 Å². The van der Waals surface area contributed by atoms with Crippen LogP contribution in [0.2, 0.25) is 0 Å². The number of allylic oxidation sites excluding steroid dienone is 8. The van der Waals surface area contributed by atoms with Crippen LogP contribution >= 0.6 is 11.3 Å². The van der Waals surface area contributed by atoms with Crippen LogP contribution in [0.3, 0.4) is 0 Å². The number of fused-ring (bicyclic) bond motifs is 7. The summed E-state index contributed by atoms with van der Waals surface area (Å²) in [6, 6.07) is 49.5. The Morgan fingerprint density at radius 3 is 2.00 bits per heavy atom. The van der Waals surface area contributed by atoms with E-state index in [0.29, 0.717) is 0 Å². The number of hydrogen-bond acceptors (Lipinski definition) is 2. The monoisotopic (exact) mass is 724 g/mol. The van der Waals surface area contributed by atoms with Gasteiger partial charge in [-0.3, -0.25) is 0 Å². The first kappa shape index (κ1) is 32.3. The SMILES string of the molecule is CC1(C)C2=C(C=CCC2)N(C2=CCC=C(c3ccc4sc5ccc(-c6ccc(-n7c8ccccc8c8ccccc87)cc6)cc5c4c3)C=C2)c2ccccc21. The quantitative estimate of drug-likeness (QED) is 0.175. The zero-order valence-corrected chi connectivity index (χ0v) is 31.9. The molecule has 8 aromatic rings. The number of aromatic nitrogens is 1. The van der Waals surface area contributed by atoms with Gasteiger partial charge in [0.05, 0.1) is 16.7 Å². The third-order valence-electron chi connectivity index (χ3n) is 12.2. The van der Waals surface area contributed by atoms with Crippen LogP contribution < -0.4 is 4.90 Å². The van der Waals surface area contributed by atoms with Crippen LogP contribution in [0.25, 0.3) is 64.4 Å². The molecule has 0 amide bonds. The average Bonchev–Trinajstić information content (AvgIpc) is 3.66. The Bertz CT molecular complexity index is 2970. The van der Waals surface area contributed by atoms with E-state index in [2.05, 4.69) is 193 Å². The van der Waals surface area contributed by atoms with Gasteiger partial charge in [-0.1, -0.05) is 117 Å². The number of anilines is 1. The standard InChI is InChI=1S/C52H40N2S/c1-52(2)44-16-5-9-20-48(44)54(49-21-10-6-17-45(49)52)38-13-11-12-34(22-27-38)36-25-30-50-42(32-36)43-33-37(26-31-51(43)55-50)35-23-28-39(29-24-35)53-46-18-7-3-14-40(46)41-15-4-8-19-47(41)53/h3-5,7-10,12-16,18-33H,6,11,17H2,1-2H3. The van der Waals surface area contributed by atoms with Gasteiger partial charge in [-0.05, 0) is 119 Å². The molecule has 0 unspecified atom stereocenters. The molecule has 1 aliphatic heterocycles. The highest BCUT2D eigenvalue weighted by Gasteiger charge is 2.38. The van der Waals surface area contributed by atoms with E-state index in [4.69, 9.17) is 0 Å². The maximum atomic E-state index is 2.51. The van der Waals surface area contributed by atoms with Gasteiger partial charge in [-0.25, -0.2) is 0 Å². The summed E-state index contributed by atoms with van der Waals surface area (Å²) in [6.07, 6.45) is 17.2. The molecule has 0 saturated carbocycles. The second-order valence-corrected chi connectivity index (χ2v) is 16.7. The smallest absolute Gasteiger partial charge is 0.0541 e. The Morgan fingerprint density at radius 2 is 1.24 bits per heavy atom. The fourth-order valence-electron chi connectivity index (χ4n) is 9.40. The fourth-order valence-corrected chi connectivity index (χ4v) is 10.5. The van der Waals surface area contributed by atoms with Crippen molar-refractivity contribution < 1.29 is 0 Å². The van der Waals surface area contributed by atoms with Crippen molar-refractivity contribution in [2.75, 3.05) is 4.90 Å². The van der Waals surface area contributed by atoms with E-state index in [1.807, 2.05) is 11.3 Å². The second kappa shape index (κ2) is 12.4. The predicted octanol–water partition coefficient (Wildman–Crippen LogP) is 14.4. The van der Waals surface area contributed by atoms with Crippen LogP contribution in [-0.2, 0) is 5.41 Å². The van der Waals surface area contributed by atoms with Crippen LogP contribution in [-0.4, -0.2) is 4.57 Å². The van der Waals surface area contributed by atoms with E-state index in [1.54, 1.807) is 0 Å². The van der Waals surface area contributed by atoms with Crippen molar-refractivity contribution in [2.24, 2.45) is 0 Å². The maximum absolute atomic E-state index is 2.51. The number of thiophene rings is 1. The van der Waals surface area contributed by atoms with Crippen LogP contribution in [0.5, 0.6) is 0 Å². The van der Waals surface area contributed by atoms with Crippen molar-refractivity contribution in [3.63, 3.8) is 0 Å². The molecule has 2 aromatic heterocycles. The molecule has 2 aliphatic carbocycles. The summed E-state index contributed by atoms with van der Waals surface area (Å²) < 4.78 is 5.03. The minimum absolute atomic E-state index is 0.0150. The van der Waals surface area contributed by atoms with Crippen molar-refractivity contribution in [2.45, 2.75) is 38.5 Å². The highest BCUT2D eigenvalue weighted by Crippen LogP contribution is 2.50. The van der Waals surface area contributed by atoms with Crippen molar-refractivity contribution in [1.82, 2.24) is 4.57 Å². The van der Waals surface area contributed by atoms with Crippen LogP contribution in [0, 0.1) is 0 Å². The molecule has 6 aromatic carbocycles. The fraction of sp³-hybridized carbons (Fsp3) is 0.115. The first-order valence-electron chi connectivity index (χ1n) is 19.5. The molecule has 3 aliphatic rings. The third-order valence-corrected chi connectivity index (χ3v) is 13.3. The van der Waals surface area contributed by atoms with Crippen molar-refractivity contribution in [3.05, 3.63) is 198 Å². The molecule has 0 atom stereocenters. The molecule has 0 spiro atoms. The van der Waals surface area contributed by atoms with Crippen molar-refractivity contribution in [1.29, 1.82) is 0 Å². The molecule has 0 bridgehead atoms. The number of nitrogens with zero attached hydrogens (tertiary/aromatic N) is 2. The molecule has 0 N–H and O–H groups in total. The lowest BCUT2D eigenvalue weighted by molar-refractivity contribution is 0.569. The number of rotatable bonds is 4. The third kappa shape index (κ3) is 5.07. The van der Waals surface area contributed by atoms with Gasteiger partial charge >= 0.3 is 0 Å². The molecule has 0 saturated heterocycles. The van der Waals surface area contributed by atoms with Gasteiger partial charge in [0.1, 0.15) is 0 Å². The van der Waals surface area contributed by atoms with Crippen molar-refractivity contribution in [3.8, 4) is 16.8 Å². The molecule has 55 heavy (non-hydrogen) atoms. The summed E-state index contributed by atoms with van der Waals surface area (Å²) in [5.74, 6) is 0. The van der Waals surface area contributed by atoms with E-state index in [-0.39, 0.29) is 5.41 Å². The highest BCUT2D eigenvalue weighted by molar-refractivity contribution is 7.25. The van der Waals surface area contributed by atoms with Crippen LogP contribution in [0.4, 0.5) is 5.69 Å². The summed E-state index contributed by atoms with van der Waals surface area (Å²) in [4.78, 5) is 2.51. The summed E-state index contributed by atoms with van der Waals surface area (Å²) in [7, 11) is 0. The van der Waals surface area contributed by atoms with Gasteiger partial charge < -0.3 is 9.47 Å². The molecule has 2 nitrogen and oxygen atoms in total. The van der Waals surface area contributed by atoms with Crippen LogP contribution in [0.1, 0.15) is 44.2 Å². The molecule has 0 fully saturated rings. The normalized spacial score (nSPS) is 16.4. The maximum Gasteiger partial charge on any atom is 0.0541 e. The Balaban J connectivity index is 0.924. The molecule has 3 heteroatoms. The lowest BCUT2D eigenvalue weighted by Crippen LogP contribution is -2.36. The van der Waals surface area contributed by atoms with Gasteiger partial charge in [-0.2, -0.15) is 0 Å². The minimum Gasteiger partial charge on any atom is -0.311 e. The molecule has 264 valence electrons. The highest BCUT2D eigenvalue weighted by atomic mass is 32.1. The van der Waals surface area contributed by atoms with Gasteiger partial charge in [0, 0.05) is 53.4 Å². The number of hydrogen-bond donors (Lipinski definition) is 0. The Kier molecular flexibility index (Phi) is 7.30. The zero-order valence-electron chi connectivity index (χ0n) is 31.1. The lowest BCUT2D eigenvalue weighted by Gasteiger charge is -2.44. The predicted molar refractivity (Wildman–Crippen MR) is 236 cm³/mol. The van der Waals surface area contributed by atoms with Gasteiger partial charge in [0.15, 0.2) is 0 Å². The molecule has 11 rings (SSSR count). The second-order valence-electron chi connectivity index (χ2n) is 15.6. The summed E-state index contributed by atoms with van der Waals surface area (Å²) in [5.41, 5.74) is 15.5. The van der Waals surface area contributed by atoms with Gasteiger partial charge in [0.2, 0.25) is 0 Å². The van der Waals surface area contributed by atoms with E-state index in [1.165, 1.54) is 98.1 Å². The first-order valence-corrected chi connectivity index (χ1v) is 20.3. The minimum atomic E-state index is 0.0150. The van der Waals surface area contributed by atoms with E-state index in [9.17, 15) is 0 Å². The summed E-state index contributed by atoms with van der Waals surface area (Å²) in [6.45, 7) is 4.79. The Hall–Kier alpha value is -6.16.